The Morgan fingerprint density at radius 2 is 2.08 bits per heavy atom. The number of aliphatic hydroxyl groups is 1. The van der Waals surface area contributed by atoms with Gasteiger partial charge in [0.25, 0.3) is 0 Å². The average molecular weight is 337 g/mol. The molecule has 24 heavy (non-hydrogen) atoms. The van der Waals surface area contributed by atoms with Crippen molar-refractivity contribution in [3.63, 3.8) is 0 Å². The Morgan fingerprint density at radius 1 is 1.42 bits per heavy atom. The largest absolute Gasteiger partial charge is 0.477 e. The van der Waals surface area contributed by atoms with Crippen molar-refractivity contribution < 1.29 is 24.6 Å². The number of hydrogen-bond donors (Lipinski definition) is 3. The molecule has 132 valence electrons. The van der Waals surface area contributed by atoms with Gasteiger partial charge < -0.3 is 20.8 Å². The van der Waals surface area contributed by atoms with Crippen LogP contribution in [0.5, 0.6) is 0 Å². The van der Waals surface area contributed by atoms with Crippen molar-refractivity contribution in [3.05, 3.63) is 11.3 Å². The van der Waals surface area contributed by atoms with E-state index in [-0.39, 0.29) is 35.4 Å². The zero-order chi connectivity index (χ0) is 17.8. The molecule has 3 aliphatic heterocycles. The molecular formula is C16H23N3O5. The molecule has 5 atom stereocenters. The fraction of sp³-hybridized carbons (Fsp3) is 0.688. The van der Waals surface area contributed by atoms with Crippen molar-refractivity contribution in [2.45, 2.75) is 32.4 Å². The van der Waals surface area contributed by atoms with Crippen molar-refractivity contribution in [2.24, 2.45) is 23.5 Å². The van der Waals surface area contributed by atoms with Crippen LogP contribution in [0, 0.1) is 17.8 Å². The van der Waals surface area contributed by atoms with Crippen LogP contribution in [0.1, 0.15) is 20.3 Å². The maximum absolute atomic E-state index is 12.3. The molecule has 3 heterocycles. The lowest BCUT2D eigenvalue weighted by molar-refractivity contribution is -0.163. The number of carboxylic acid groups (broad SMARTS) is 1. The number of fused-ring (bicyclic) bond motifs is 1. The van der Waals surface area contributed by atoms with Crippen LogP contribution >= 0.6 is 0 Å². The third-order valence-electron chi connectivity index (χ3n) is 5.59. The zero-order valence-corrected chi connectivity index (χ0v) is 13.8. The Kier molecular flexibility index (Phi) is 4.13. The number of carboxylic acids is 1. The van der Waals surface area contributed by atoms with E-state index in [0.717, 1.165) is 0 Å². The first-order valence-corrected chi connectivity index (χ1v) is 8.23. The lowest BCUT2D eigenvalue weighted by Crippen LogP contribution is -2.63. The molecule has 0 spiro atoms. The van der Waals surface area contributed by atoms with E-state index in [1.165, 1.54) is 4.90 Å². The minimum atomic E-state index is -1.12. The second-order valence-electron chi connectivity index (χ2n) is 7.06. The minimum absolute atomic E-state index is 0.0388. The van der Waals surface area contributed by atoms with E-state index >= 15 is 0 Å². The average Bonchev–Trinajstić information content (AvgIpc) is 3.03. The van der Waals surface area contributed by atoms with E-state index in [4.69, 9.17) is 5.73 Å². The summed E-state index contributed by atoms with van der Waals surface area (Å²) in [4.78, 5) is 38.6. The third kappa shape index (κ3) is 2.41. The molecule has 0 bridgehead atoms. The molecule has 4 N–H and O–H groups in total. The highest BCUT2D eigenvalue weighted by molar-refractivity contribution is 6.00. The van der Waals surface area contributed by atoms with Gasteiger partial charge in [-0.25, -0.2) is 4.79 Å². The summed E-state index contributed by atoms with van der Waals surface area (Å²) in [6, 6.07) is -0.298. The maximum atomic E-state index is 12.3. The molecule has 8 nitrogen and oxygen atoms in total. The molecular weight excluding hydrogens is 314 g/mol. The molecule has 1 unspecified atom stereocenters. The molecule has 8 heteroatoms. The van der Waals surface area contributed by atoms with Crippen LogP contribution in [0.4, 0.5) is 0 Å². The van der Waals surface area contributed by atoms with E-state index in [1.54, 1.807) is 6.92 Å². The van der Waals surface area contributed by atoms with Crippen molar-refractivity contribution in [3.8, 4) is 0 Å². The first-order chi connectivity index (χ1) is 11.2. The molecule has 2 amide bonds. The maximum Gasteiger partial charge on any atom is 0.352 e. The standard InChI is InChI=1S/C16H23N3O5/c1-7-10(6-18-4-3-9(5-18)14(17)21)13(16(23)24)19-12(7)11(8(2)20)15(19)22/h7-9,11-12,20H,3-6H2,1-2H3,(H2,17,21)(H,23,24)/t7-,8+,9-,11-,12?/m0/s1. The highest BCUT2D eigenvalue weighted by Gasteiger charge is 2.59. The molecule has 2 saturated heterocycles. The van der Waals surface area contributed by atoms with Gasteiger partial charge in [-0.3, -0.25) is 14.5 Å². The Hall–Kier alpha value is -1.93. The van der Waals surface area contributed by atoms with Gasteiger partial charge in [0.2, 0.25) is 11.8 Å². The summed E-state index contributed by atoms with van der Waals surface area (Å²) < 4.78 is 0. The third-order valence-corrected chi connectivity index (χ3v) is 5.59. The van der Waals surface area contributed by atoms with Crippen LogP contribution in [0.3, 0.4) is 0 Å². The first-order valence-electron chi connectivity index (χ1n) is 8.23. The monoisotopic (exact) mass is 337 g/mol. The van der Waals surface area contributed by atoms with E-state index in [9.17, 15) is 24.6 Å². The molecule has 0 saturated carbocycles. The summed E-state index contributed by atoms with van der Waals surface area (Å²) in [5.74, 6) is -2.69. The van der Waals surface area contributed by atoms with Crippen LogP contribution in [-0.2, 0) is 14.4 Å². The SMILES string of the molecule is C[C@H]1C(CN2CC[C@H](C(N)=O)C2)=C(C(=O)O)N2C(=O)[C@@H]([C@@H](C)O)C12. The van der Waals surface area contributed by atoms with Gasteiger partial charge in [0, 0.05) is 19.0 Å². The molecule has 3 aliphatic rings. The van der Waals surface area contributed by atoms with Crippen LogP contribution < -0.4 is 5.73 Å². The number of aliphatic hydroxyl groups excluding tert-OH is 1. The van der Waals surface area contributed by atoms with Gasteiger partial charge in [0.1, 0.15) is 5.70 Å². The number of likely N-dealkylation sites (tertiary alicyclic amines) is 1. The molecule has 0 aliphatic carbocycles. The summed E-state index contributed by atoms with van der Waals surface area (Å²) in [5, 5.41) is 19.4. The van der Waals surface area contributed by atoms with Gasteiger partial charge in [-0.2, -0.15) is 0 Å². The van der Waals surface area contributed by atoms with Crippen molar-refractivity contribution in [1.29, 1.82) is 0 Å². The molecule has 0 aromatic carbocycles. The summed E-state index contributed by atoms with van der Waals surface area (Å²) >= 11 is 0. The summed E-state index contributed by atoms with van der Waals surface area (Å²) in [6.07, 6.45) is -0.136. The number of aliphatic carboxylic acids is 1. The second kappa shape index (κ2) is 5.86. The Balaban J connectivity index is 1.83. The number of nitrogens with zero attached hydrogens (tertiary/aromatic N) is 2. The predicted molar refractivity (Wildman–Crippen MR) is 83.4 cm³/mol. The van der Waals surface area contributed by atoms with Crippen LogP contribution in [0.25, 0.3) is 0 Å². The van der Waals surface area contributed by atoms with Crippen LogP contribution in [0.15, 0.2) is 11.3 Å². The van der Waals surface area contributed by atoms with E-state index in [2.05, 4.69) is 0 Å². The second-order valence-corrected chi connectivity index (χ2v) is 7.06. The van der Waals surface area contributed by atoms with Gasteiger partial charge in [0.15, 0.2) is 0 Å². The van der Waals surface area contributed by atoms with Gasteiger partial charge in [-0.15, -0.1) is 0 Å². The van der Waals surface area contributed by atoms with Gasteiger partial charge in [-0.1, -0.05) is 6.92 Å². The fourth-order valence-electron chi connectivity index (χ4n) is 4.30. The normalized spacial score (nSPS) is 34.3. The van der Waals surface area contributed by atoms with Crippen molar-refractivity contribution in [1.82, 2.24) is 9.80 Å². The summed E-state index contributed by atoms with van der Waals surface area (Å²) in [7, 11) is 0. The van der Waals surface area contributed by atoms with E-state index in [0.29, 0.717) is 31.6 Å². The van der Waals surface area contributed by atoms with Gasteiger partial charge in [-0.05, 0) is 25.5 Å². The lowest BCUT2D eigenvalue weighted by atomic mass is 9.77. The van der Waals surface area contributed by atoms with E-state index < -0.39 is 18.0 Å². The fourth-order valence-corrected chi connectivity index (χ4v) is 4.30. The van der Waals surface area contributed by atoms with E-state index in [1.807, 2.05) is 11.8 Å². The van der Waals surface area contributed by atoms with Crippen molar-refractivity contribution in [2.75, 3.05) is 19.6 Å². The minimum Gasteiger partial charge on any atom is -0.477 e. The predicted octanol–water partition coefficient (Wildman–Crippen LogP) is -1.01. The van der Waals surface area contributed by atoms with Crippen LogP contribution in [0.2, 0.25) is 0 Å². The van der Waals surface area contributed by atoms with Crippen molar-refractivity contribution >= 4 is 17.8 Å². The highest BCUT2D eigenvalue weighted by atomic mass is 16.4. The number of nitrogens with two attached hydrogens (primary N) is 1. The Bertz CT molecular complexity index is 629. The quantitative estimate of drug-likeness (QED) is 0.552. The number of carbonyl (C=O) groups excluding carboxylic acids is 2. The van der Waals surface area contributed by atoms with Gasteiger partial charge >= 0.3 is 5.97 Å². The lowest BCUT2D eigenvalue weighted by Gasteiger charge is -2.46. The summed E-state index contributed by atoms with van der Waals surface area (Å²) in [5.41, 5.74) is 6.07. The topological polar surface area (TPSA) is 124 Å². The number of primary amides is 1. The number of amides is 2. The smallest absolute Gasteiger partial charge is 0.352 e. The zero-order valence-electron chi connectivity index (χ0n) is 13.8. The molecule has 2 fully saturated rings. The number of rotatable bonds is 5. The Morgan fingerprint density at radius 3 is 2.58 bits per heavy atom. The highest BCUT2D eigenvalue weighted by Crippen LogP contribution is 2.47. The molecule has 0 aromatic heterocycles. The summed E-state index contributed by atoms with van der Waals surface area (Å²) in [6.45, 7) is 5.04. The number of β-lactam (4-membered cyclic amide) rings is 1. The Labute approximate surface area is 139 Å². The van der Waals surface area contributed by atoms with Crippen LogP contribution in [-0.4, -0.2) is 69.6 Å². The van der Waals surface area contributed by atoms with Gasteiger partial charge in [0.05, 0.1) is 24.0 Å². The molecule has 0 radical (unpaired) electrons. The number of hydrogen-bond acceptors (Lipinski definition) is 5. The molecule has 0 aromatic rings. The first kappa shape index (κ1) is 16.9. The molecule has 3 rings (SSSR count). The number of carbonyl (C=O) groups is 3.